The van der Waals surface area contributed by atoms with Gasteiger partial charge < -0.3 is 14.7 Å². The summed E-state index contributed by atoms with van der Waals surface area (Å²) in [5, 5.41) is 8.69. The van der Waals surface area contributed by atoms with Gasteiger partial charge in [-0.25, -0.2) is 4.79 Å². The number of ether oxygens (including phenoxy) is 1. The minimum atomic E-state index is -0.967. The molecule has 0 saturated carbocycles. The van der Waals surface area contributed by atoms with E-state index < -0.39 is 12.1 Å². The Balaban J connectivity index is 2.78. The first-order valence-corrected chi connectivity index (χ1v) is 4.67. The molecular weight excluding hydrogens is 194 g/mol. The molecule has 1 unspecified atom stereocenters. The summed E-state index contributed by atoms with van der Waals surface area (Å²) in [6, 6.07) is 7.31. The molecule has 4 heteroatoms. The minimum Gasteiger partial charge on any atom is -0.479 e. The number of rotatable bonds is 4. The molecule has 1 aromatic rings. The van der Waals surface area contributed by atoms with Crippen LogP contribution in [0.1, 0.15) is 6.92 Å². The Morgan fingerprint density at radius 2 is 2.13 bits per heavy atom. The van der Waals surface area contributed by atoms with E-state index in [4.69, 9.17) is 9.84 Å². The average molecular weight is 209 g/mol. The van der Waals surface area contributed by atoms with E-state index in [2.05, 4.69) is 0 Å². The van der Waals surface area contributed by atoms with Crippen molar-refractivity contribution in [2.75, 3.05) is 19.0 Å². The molecule has 1 aromatic carbocycles. The Labute approximate surface area is 89.1 Å². The smallest absolute Gasteiger partial charge is 0.344 e. The van der Waals surface area contributed by atoms with Crippen LogP contribution in [0, 0.1) is 0 Å². The fourth-order valence-electron chi connectivity index (χ4n) is 1.09. The average Bonchev–Trinajstić information content (AvgIpc) is 2.18. The van der Waals surface area contributed by atoms with Gasteiger partial charge in [0.05, 0.1) is 0 Å². The zero-order valence-electron chi connectivity index (χ0n) is 9.10. The number of aliphatic carboxylic acids is 1. The van der Waals surface area contributed by atoms with Crippen LogP contribution in [-0.4, -0.2) is 31.3 Å². The lowest BCUT2D eigenvalue weighted by Gasteiger charge is -2.15. The monoisotopic (exact) mass is 209 g/mol. The lowest BCUT2D eigenvalue weighted by Crippen LogP contribution is -2.23. The van der Waals surface area contributed by atoms with Crippen LogP contribution in [0.4, 0.5) is 5.69 Å². The summed E-state index contributed by atoms with van der Waals surface area (Å²) in [6.45, 7) is 1.50. The Bertz CT molecular complexity index is 349. The number of carboxylic acid groups (broad SMARTS) is 1. The first kappa shape index (κ1) is 11.4. The van der Waals surface area contributed by atoms with E-state index in [0.717, 1.165) is 5.69 Å². The summed E-state index contributed by atoms with van der Waals surface area (Å²) in [6.07, 6.45) is -0.831. The van der Waals surface area contributed by atoms with Crippen molar-refractivity contribution in [3.05, 3.63) is 24.3 Å². The van der Waals surface area contributed by atoms with Gasteiger partial charge in [0.15, 0.2) is 6.10 Å². The predicted molar refractivity (Wildman–Crippen MR) is 58.5 cm³/mol. The molecule has 0 radical (unpaired) electrons. The maximum Gasteiger partial charge on any atom is 0.344 e. The third-order valence-corrected chi connectivity index (χ3v) is 1.99. The minimum absolute atomic E-state index is 0.566. The molecule has 1 N–H and O–H groups in total. The van der Waals surface area contributed by atoms with E-state index in [1.54, 1.807) is 12.1 Å². The fourth-order valence-corrected chi connectivity index (χ4v) is 1.09. The molecule has 0 bridgehead atoms. The molecular formula is C11H15NO3. The van der Waals surface area contributed by atoms with E-state index in [-0.39, 0.29) is 0 Å². The van der Waals surface area contributed by atoms with Crippen LogP contribution < -0.4 is 9.64 Å². The third-order valence-electron chi connectivity index (χ3n) is 1.99. The van der Waals surface area contributed by atoms with Crippen molar-refractivity contribution >= 4 is 11.7 Å². The van der Waals surface area contributed by atoms with Crippen LogP contribution in [0.25, 0.3) is 0 Å². The second-order valence-electron chi connectivity index (χ2n) is 3.49. The zero-order valence-corrected chi connectivity index (χ0v) is 9.10. The summed E-state index contributed by atoms with van der Waals surface area (Å²) in [4.78, 5) is 12.5. The molecule has 0 saturated heterocycles. The molecule has 15 heavy (non-hydrogen) atoms. The molecule has 0 aromatic heterocycles. The van der Waals surface area contributed by atoms with E-state index in [1.807, 2.05) is 31.1 Å². The number of carboxylic acids is 1. The molecule has 1 atom stereocenters. The van der Waals surface area contributed by atoms with Crippen molar-refractivity contribution in [1.29, 1.82) is 0 Å². The molecule has 0 heterocycles. The summed E-state index contributed by atoms with van der Waals surface area (Å²) in [5.41, 5.74) is 0.977. The van der Waals surface area contributed by atoms with Gasteiger partial charge in [-0.3, -0.25) is 0 Å². The molecule has 0 amide bonds. The first-order chi connectivity index (χ1) is 7.00. The Kier molecular flexibility index (Phi) is 3.55. The third kappa shape index (κ3) is 3.16. The van der Waals surface area contributed by atoms with Gasteiger partial charge in [-0.05, 0) is 19.1 Å². The highest BCUT2D eigenvalue weighted by atomic mass is 16.5. The Morgan fingerprint density at radius 1 is 1.47 bits per heavy atom. The van der Waals surface area contributed by atoms with Crippen LogP contribution >= 0.6 is 0 Å². The molecule has 0 spiro atoms. The van der Waals surface area contributed by atoms with Gasteiger partial charge in [0.25, 0.3) is 0 Å². The maximum absolute atomic E-state index is 10.6. The van der Waals surface area contributed by atoms with Crippen LogP contribution in [0.5, 0.6) is 5.75 Å². The van der Waals surface area contributed by atoms with Gasteiger partial charge in [0.2, 0.25) is 0 Å². The molecule has 0 fully saturated rings. The van der Waals surface area contributed by atoms with E-state index in [1.165, 1.54) is 6.92 Å². The SMILES string of the molecule is CC(Oc1cccc(N(C)C)c1)C(=O)O. The van der Waals surface area contributed by atoms with Crippen LogP contribution in [0.15, 0.2) is 24.3 Å². The van der Waals surface area contributed by atoms with Gasteiger partial charge in [-0.1, -0.05) is 6.07 Å². The molecule has 1 rings (SSSR count). The van der Waals surface area contributed by atoms with Gasteiger partial charge in [0, 0.05) is 25.8 Å². The highest BCUT2D eigenvalue weighted by Crippen LogP contribution is 2.20. The van der Waals surface area contributed by atoms with Crippen LogP contribution in [0.2, 0.25) is 0 Å². The van der Waals surface area contributed by atoms with Crippen molar-refractivity contribution in [1.82, 2.24) is 0 Å². The van der Waals surface area contributed by atoms with Gasteiger partial charge >= 0.3 is 5.97 Å². The summed E-state index contributed by atoms with van der Waals surface area (Å²) in [7, 11) is 3.83. The fraction of sp³-hybridized carbons (Fsp3) is 0.364. The second-order valence-corrected chi connectivity index (χ2v) is 3.49. The molecule has 0 aliphatic rings. The lowest BCUT2D eigenvalue weighted by atomic mass is 10.3. The van der Waals surface area contributed by atoms with Crippen molar-refractivity contribution in [2.24, 2.45) is 0 Å². The van der Waals surface area contributed by atoms with E-state index in [9.17, 15) is 4.79 Å². The number of carbonyl (C=O) groups is 1. The lowest BCUT2D eigenvalue weighted by molar-refractivity contribution is -0.144. The van der Waals surface area contributed by atoms with Crippen LogP contribution in [0.3, 0.4) is 0 Å². The molecule has 82 valence electrons. The maximum atomic E-state index is 10.6. The van der Waals surface area contributed by atoms with E-state index >= 15 is 0 Å². The molecule has 0 aliphatic carbocycles. The zero-order chi connectivity index (χ0) is 11.4. The quantitative estimate of drug-likeness (QED) is 0.818. The van der Waals surface area contributed by atoms with Gasteiger partial charge in [-0.15, -0.1) is 0 Å². The van der Waals surface area contributed by atoms with E-state index in [0.29, 0.717) is 5.75 Å². The van der Waals surface area contributed by atoms with Gasteiger partial charge in [0.1, 0.15) is 5.75 Å². The first-order valence-electron chi connectivity index (χ1n) is 4.67. The number of hydrogen-bond acceptors (Lipinski definition) is 3. The van der Waals surface area contributed by atoms with Crippen molar-refractivity contribution in [2.45, 2.75) is 13.0 Å². The number of nitrogens with zero attached hydrogens (tertiary/aromatic N) is 1. The number of benzene rings is 1. The summed E-state index contributed by atoms with van der Waals surface area (Å²) >= 11 is 0. The number of anilines is 1. The van der Waals surface area contributed by atoms with Crippen molar-refractivity contribution in [3.63, 3.8) is 0 Å². The second kappa shape index (κ2) is 4.68. The summed E-state index contributed by atoms with van der Waals surface area (Å²) < 4.78 is 5.24. The van der Waals surface area contributed by atoms with Crippen molar-refractivity contribution < 1.29 is 14.6 Å². The molecule has 0 aliphatic heterocycles. The largest absolute Gasteiger partial charge is 0.479 e. The Morgan fingerprint density at radius 3 is 2.67 bits per heavy atom. The standard InChI is InChI=1S/C11H15NO3/c1-8(11(13)14)15-10-6-4-5-9(7-10)12(2)3/h4-8H,1-3H3,(H,13,14). The van der Waals surface area contributed by atoms with Gasteiger partial charge in [-0.2, -0.15) is 0 Å². The van der Waals surface area contributed by atoms with Crippen molar-refractivity contribution in [3.8, 4) is 5.75 Å². The summed E-state index contributed by atoms with van der Waals surface area (Å²) in [5.74, 6) is -0.402. The van der Waals surface area contributed by atoms with Crippen LogP contribution in [-0.2, 0) is 4.79 Å². The number of hydrogen-bond donors (Lipinski definition) is 1. The Hall–Kier alpha value is -1.71. The highest BCUT2D eigenvalue weighted by molar-refractivity contribution is 5.72. The molecule has 4 nitrogen and oxygen atoms in total. The highest BCUT2D eigenvalue weighted by Gasteiger charge is 2.12. The topological polar surface area (TPSA) is 49.8 Å². The predicted octanol–water partition coefficient (Wildman–Crippen LogP) is 1.60. The normalized spacial score (nSPS) is 11.9.